The van der Waals surface area contributed by atoms with Gasteiger partial charge in [0, 0.05) is 44.5 Å². The number of halogens is 1. The molecule has 1 N–H and O–H groups in total. The van der Waals surface area contributed by atoms with Crippen LogP contribution in [0.25, 0.3) is 6.08 Å². The van der Waals surface area contributed by atoms with Crippen molar-refractivity contribution in [3.05, 3.63) is 71.6 Å². The van der Waals surface area contributed by atoms with E-state index in [9.17, 15) is 9.18 Å². The average Bonchev–Trinajstić information content (AvgIpc) is 2.69. The van der Waals surface area contributed by atoms with Crippen molar-refractivity contribution in [2.75, 3.05) is 38.0 Å². The fraction of sp³-hybridized carbons (Fsp3) is 0.318. The van der Waals surface area contributed by atoms with E-state index in [4.69, 9.17) is 0 Å². The van der Waals surface area contributed by atoms with Gasteiger partial charge in [0.2, 0.25) is 5.91 Å². The van der Waals surface area contributed by atoms with Gasteiger partial charge in [0.05, 0.1) is 0 Å². The molecule has 0 aromatic heterocycles. The molecule has 0 atom stereocenters. The van der Waals surface area contributed by atoms with Crippen molar-refractivity contribution < 1.29 is 9.18 Å². The van der Waals surface area contributed by atoms with Crippen LogP contribution in [-0.2, 0) is 11.3 Å². The van der Waals surface area contributed by atoms with Gasteiger partial charge in [0.25, 0.3) is 0 Å². The lowest BCUT2D eigenvalue weighted by molar-refractivity contribution is -0.111. The number of nitrogens with one attached hydrogen (secondary N) is 1. The molecule has 0 unspecified atom stereocenters. The molecule has 1 aliphatic heterocycles. The number of hydrogen-bond acceptors (Lipinski definition) is 3. The molecule has 1 aliphatic rings. The summed E-state index contributed by atoms with van der Waals surface area (Å²) in [6, 6.07) is 14.1. The van der Waals surface area contributed by atoms with Crippen LogP contribution >= 0.6 is 0 Å². The van der Waals surface area contributed by atoms with E-state index in [-0.39, 0.29) is 11.7 Å². The molecule has 1 amide bonds. The maximum atomic E-state index is 13.1. The lowest BCUT2D eigenvalue weighted by Crippen LogP contribution is -2.45. The molecular formula is C22H26FN3O. The number of likely N-dealkylation sites (N-methyl/N-ethyl adjacent to an activating group) is 1. The van der Waals surface area contributed by atoms with Gasteiger partial charge in [-0.25, -0.2) is 4.39 Å². The highest BCUT2D eigenvalue weighted by Gasteiger charge is 2.15. The van der Waals surface area contributed by atoms with Gasteiger partial charge in [-0.3, -0.25) is 9.69 Å². The van der Waals surface area contributed by atoms with Gasteiger partial charge < -0.3 is 10.2 Å². The highest BCUT2D eigenvalue weighted by Crippen LogP contribution is 2.13. The van der Waals surface area contributed by atoms with E-state index in [1.54, 1.807) is 18.2 Å². The summed E-state index contributed by atoms with van der Waals surface area (Å²) in [5.74, 6) is -0.549. The van der Waals surface area contributed by atoms with Gasteiger partial charge in [-0.2, -0.15) is 0 Å². The number of anilines is 1. The van der Waals surface area contributed by atoms with Crippen molar-refractivity contribution in [2.45, 2.75) is 13.5 Å². The normalized spacial score (nSPS) is 15.9. The number of rotatable bonds is 6. The Bertz CT molecular complexity index is 780. The van der Waals surface area contributed by atoms with E-state index >= 15 is 0 Å². The lowest BCUT2D eigenvalue weighted by Gasteiger charge is -2.34. The van der Waals surface area contributed by atoms with Gasteiger partial charge in [0.15, 0.2) is 0 Å². The van der Waals surface area contributed by atoms with Gasteiger partial charge >= 0.3 is 0 Å². The number of carbonyl (C=O) groups is 1. The Morgan fingerprint density at radius 2 is 1.78 bits per heavy atom. The third-order valence-corrected chi connectivity index (χ3v) is 4.82. The summed E-state index contributed by atoms with van der Waals surface area (Å²) < 4.78 is 13.1. The van der Waals surface area contributed by atoms with Gasteiger partial charge in [0.1, 0.15) is 5.82 Å². The molecule has 1 fully saturated rings. The molecule has 0 spiro atoms. The topological polar surface area (TPSA) is 35.6 Å². The van der Waals surface area contributed by atoms with Crippen LogP contribution in [0, 0.1) is 5.82 Å². The van der Waals surface area contributed by atoms with Crippen molar-refractivity contribution in [2.24, 2.45) is 0 Å². The lowest BCUT2D eigenvalue weighted by atomic mass is 10.1. The maximum Gasteiger partial charge on any atom is 0.248 e. The highest BCUT2D eigenvalue weighted by atomic mass is 19.1. The van der Waals surface area contributed by atoms with Crippen LogP contribution < -0.4 is 5.32 Å². The maximum absolute atomic E-state index is 13.1. The molecule has 1 saturated heterocycles. The number of benzene rings is 2. The largest absolute Gasteiger partial charge is 0.323 e. The van der Waals surface area contributed by atoms with Crippen LogP contribution in [0.15, 0.2) is 54.6 Å². The monoisotopic (exact) mass is 367 g/mol. The summed E-state index contributed by atoms with van der Waals surface area (Å²) in [6.45, 7) is 8.70. The Morgan fingerprint density at radius 1 is 1.07 bits per heavy atom. The SMILES string of the molecule is CCN1CCN(Cc2ccc(NC(=O)C=Cc3cccc(F)c3)cc2)CC1. The first-order chi connectivity index (χ1) is 13.1. The molecule has 0 aliphatic carbocycles. The minimum atomic E-state index is -0.316. The Morgan fingerprint density at radius 3 is 2.44 bits per heavy atom. The fourth-order valence-electron chi connectivity index (χ4n) is 3.18. The smallest absolute Gasteiger partial charge is 0.248 e. The average molecular weight is 367 g/mol. The van der Waals surface area contributed by atoms with Gasteiger partial charge in [-0.15, -0.1) is 0 Å². The second-order valence-electron chi connectivity index (χ2n) is 6.78. The number of carbonyl (C=O) groups excluding carboxylic acids is 1. The molecule has 0 radical (unpaired) electrons. The van der Waals surface area contributed by atoms with Gasteiger partial charge in [-0.1, -0.05) is 31.2 Å². The van der Waals surface area contributed by atoms with E-state index < -0.39 is 0 Å². The predicted octanol–water partition coefficient (Wildman–Crippen LogP) is 3.62. The molecule has 5 heteroatoms. The van der Waals surface area contributed by atoms with E-state index in [1.807, 2.05) is 12.1 Å². The van der Waals surface area contributed by atoms with Crippen molar-refractivity contribution in [3.63, 3.8) is 0 Å². The molecule has 3 rings (SSSR count). The molecule has 142 valence electrons. The van der Waals surface area contributed by atoms with Crippen molar-refractivity contribution in [3.8, 4) is 0 Å². The first-order valence-electron chi connectivity index (χ1n) is 9.40. The first-order valence-corrected chi connectivity index (χ1v) is 9.40. The number of hydrogen-bond donors (Lipinski definition) is 1. The molecule has 27 heavy (non-hydrogen) atoms. The van der Waals surface area contributed by atoms with Crippen LogP contribution in [-0.4, -0.2) is 48.4 Å². The zero-order valence-electron chi connectivity index (χ0n) is 15.7. The summed E-state index contributed by atoms with van der Waals surface area (Å²) in [5.41, 5.74) is 2.65. The van der Waals surface area contributed by atoms with Crippen molar-refractivity contribution >= 4 is 17.7 Å². The molecular weight excluding hydrogens is 341 g/mol. The number of piperazine rings is 1. The molecule has 0 bridgehead atoms. The molecule has 4 nitrogen and oxygen atoms in total. The molecule has 2 aromatic carbocycles. The van der Waals surface area contributed by atoms with E-state index in [0.29, 0.717) is 5.56 Å². The summed E-state index contributed by atoms with van der Waals surface area (Å²) >= 11 is 0. The standard InChI is InChI=1S/C22H26FN3O/c1-2-25-12-14-26(15-13-25)17-19-6-9-21(10-7-19)24-22(27)11-8-18-4-3-5-20(23)16-18/h3-11,16H,2,12-15,17H2,1H3,(H,24,27). The third-order valence-electron chi connectivity index (χ3n) is 4.82. The fourth-order valence-corrected chi connectivity index (χ4v) is 3.18. The Hall–Kier alpha value is -2.50. The van der Waals surface area contributed by atoms with Crippen LogP contribution in [0.1, 0.15) is 18.1 Å². The van der Waals surface area contributed by atoms with Crippen LogP contribution in [0.3, 0.4) is 0 Å². The quantitative estimate of drug-likeness (QED) is 0.792. The van der Waals surface area contributed by atoms with E-state index in [0.717, 1.165) is 45.0 Å². The predicted molar refractivity (Wildman–Crippen MR) is 108 cm³/mol. The molecule has 2 aromatic rings. The van der Waals surface area contributed by atoms with E-state index in [2.05, 4.69) is 34.2 Å². The number of nitrogens with zero attached hydrogens (tertiary/aromatic N) is 2. The first kappa shape index (κ1) is 19.3. The summed E-state index contributed by atoms with van der Waals surface area (Å²) in [5, 5.41) is 2.83. The van der Waals surface area contributed by atoms with Gasteiger partial charge in [-0.05, 0) is 48.0 Å². The van der Waals surface area contributed by atoms with Crippen LogP contribution in [0.2, 0.25) is 0 Å². The van der Waals surface area contributed by atoms with Crippen LogP contribution in [0.5, 0.6) is 0 Å². The molecule has 1 heterocycles. The third kappa shape index (κ3) is 6.01. The second-order valence-corrected chi connectivity index (χ2v) is 6.78. The highest BCUT2D eigenvalue weighted by molar-refractivity contribution is 6.01. The Labute approximate surface area is 160 Å². The molecule has 0 saturated carbocycles. The summed E-state index contributed by atoms with van der Waals surface area (Å²) in [4.78, 5) is 17.0. The van der Waals surface area contributed by atoms with E-state index in [1.165, 1.54) is 23.8 Å². The minimum absolute atomic E-state index is 0.234. The summed E-state index contributed by atoms with van der Waals surface area (Å²) in [6.07, 6.45) is 3.01. The summed E-state index contributed by atoms with van der Waals surface area (Å²) in [7, 11) is 0. The van der Waals surface area contributed by atoms with Crippen LogP contribution in [0.4, 0.5) is 10.1 Å². The number of amides is 1. The van der Waals surface area contributed by atoms with Crippen molar-refractivity contribution in [1.82, 2.24) is 9.80 Å². The van der Waals surface area contributed by atoms with Crippen molar-refractivity contribution in [1.29, 1.82) is 0 Å². The Kier molecular flexibility index (Phi) is 6.74. The zero-order chi connectivity index (χ0) is 19.1. The second kappa shape index (κ2) is 9.44. The Balaban J connectivity index is 1.49. The zero-order valence-corrected chi connectivity index (χ0v) is 15.7. The minimum Gasteiger partial charge on any atom is -0.323 e.